The maximum absolute atomic E-state index is 13.1. The van der Waals surface area contributed by atoms with Gasteiger partial charge in [0.1, 0.15) is 0 Å². The van der Waals surface area contributed by atoms with E-state index in [4.69, 9.17) is 4.74 Å². The second kappa shape index (κ2) is 11.7. The highest BCUT2D eigenvalue weighted by atomic mass is 16.5. The van der Waals surface area contributed by atoms with Gasteiger partial charge in [-0.15, -0.1) is 0 Å². The number of ether oxygens (including phenoxy) is 1. The van der Waals surface area contributed by atoms with Crippen molar-refractivity contribution in [1.29, 1.82) is 0 Å². The number of amides is 4. The molecular formula is C23H34N4O4. The van der Waals surface area contributed by atoms with Crippen LogP contribution in [0.5, 0.6) is 0 Å². The SMILES string of the molecule is COCCCNC(=O)N1CCCN(C(=O)C2CC2)C(c2ccccc2)CC(=O)NCC1. The van der Waals surface area contributed by atoms with E-state index in [2.05, 4.69) is 10.6 Å². The molecule has 1 saturated heterocycles. The predicted octanol–water partition coefficient (Wildman–Crippen LogP) is 1.92. The summed E-state index contributed by atoms with van der Waals surface area (Å²) in [6.07, 6.45) is 3.47. The molecule has 0 spiro atoms. The van der Waals surface area contributed by atoms with Gasteiger partial charge < -0.3 is 25.2 Å². The second-order valence-corrected chi connectivity index (χ2v) is 8.21. The average Bonchev–Trinajstić information content (AvgIpc) is 3.62. The molecule has 1 unspecified atom stereocenters. The molecule has 8 heteroatoms. The van der Waals surface area contributed by atoms with Crippen LogP contribution in [0.25, 0.3) is 0 Å². The molecule has 0 radical (unpaired) electrons. The van der Waals surface area contributed by atoms with E-state index < -0.39 is 0 Å². The molecule has 0 bridgehead atoms. The summed E-state index contributed by atoms with van der Waals surface area (Å²) < 4.78 is 5.02. The Hall–Kier alpha value is -2.61. The van der Waals surface area contributed by atoms with Gasteiger partial charge >= 0.3 is 6.03 Å². The Morgan fingerprint density at radius 2 is 1.94 bits per heavy atom. The van der Waals surface area contributed by atoms with E-state index >= 15 is 0 Å². The van der Waals surface area contributed by atoms with Crippen LogP contribution in [0.1, 0.15) is 43.7 Å². The zero-order chi connectivity index (χ0) is 22.1. The second-order valence-electron chi connectivity index (χ2n) is 8.21. The number of methoxy groups -OCH3 is 1. The smallest absolute Gasteiger partial charge is 0.317 e. The normalized spacial score (nSPS) is 20.5. The van der Waals surface area contributed by atoms with Crippen molar-refractivity contribution < 1.29 is 19.1 Å². The zero-order valence-electron chi connectivity index (χ0n) is 18.3. The van der Waals surface area contributed by atoms with Crippen LogP contribution in [0.4, 0.5) is 4.79 Å². The molecule has 31 heavy (non-hydrogen) atoms. The molecule has 0 aromatic heterocycles. The van der Waals surface area contributed by atoms with Crippen molar-refractivity contribution in [3.05, 3.63) is 35.9 Å². The van der Waals surface area contributed by atoms with Crippen molar-refractivity contribution in [3.63, 3.8) is 0 Å². The van der Waals surface area contributed by atoms with Gasteiger partial charge in [0.05, 0.1) is 12.5 Å². The first-order valence-electron chi connectivity index (χ1n) is 11.2. The Bertz CT molecular complexity index is 738. The van der Waals surface area contributed by atoms with E-state index in [0.717, 1.165) is 24.8 Å². The van der Waals surface area contributed by atoms with Gasteiger partial charge in [0.15, 0.2) is 0 Å². The maximum atomic E-state index is 13.1. The van der Waals surface area contributed by atoms with Crippen LogP contribution in [0.2, 0.25) is 0 Å². The quantitative estimate of drug-likeness (QED) is 0.675. The predicted molar refractivity (Wildman–Crippen MR) is 117 cm³/mol. The summed E-state index contributed by atoms with van der Waals surface area (Å²) in [5, 5.41) is 5.84. The lowest BCUT2D eigenvalue weighted by Crippen LogP contribution is -2.45. The Labute approximate surface area is 184 Å². The van der Waals surface area contributed by atoms with E-state index in [-0.39, 0.29) is 36.2 Å². The first-order chi connectivity index (χ1) is 15.1. The molecule has 1 aromatic carbocycles. The van der Waals surface area contributed by atoms with Gasteiger partial charge in [-0.05, 0) is 31.2 Å². The number of benzene rings is 1. The van der Waals surface area contributed by atoms with Crippen molar-refractivity contribution in [1.82, 2.24) is 20.4 Å². The van der Waals surface area contributed by atoms with Gasteiger partial charge in [-0.25, -0.2) is 4.79 Å². The summed E-state index contributed by atoms with van der Waals surface area (Å²) in [7, 11) is 1.63. The van der Waals surface area contributed by atoms with Crippen LogP contribution in [-0.4, -0.2) is 74.1 Å². The third-order valence-electron chi connectivity index (χ3n) is 5.77. The van der Waals surface area contributed by atoms with E-state index in [1.165, 1.54) is 0 Å². The van der Waals surface area contributed by atoms with E-state index in [1.54, 1.807) is 12.0 Å². The summed E-state index contributed by atoms with van der Waals surface area (Å²) in [5.74, 6) is 0.0841. The summed E-state index contributed by atoms with van der Waals surface area (Å²) in [6.45, 7) is 3.02. The third-order valence-corrected chi connectivity index (χ3v) is 5.77. The minimum atomic E-state index is -0.288. The molecule has 1 heterocycles. The lowest BCUT2D eigenvalue weighted by atomic mass is 10.0. The minimum absolute atomic E-state index is 0.0691. The van der Waals surface area contributed by atoms with Crippen LogP contribution < -0.4 is 10.6 Å². The topological polar surface area (TPSA) is 91.0 Å². The summed E-state index contributed by atoms with van der Waals surface area (Å²) >= 11 is 0. The highest BCUT2D eigenvalue weighted by Gasteiger charge is 2.37. The van der Waals surface area contributed by atoms with Crippen LogP contribution in [0, 0.1) is 5.92 Å². The van der Waals surface area contributed by atoms with Crippen molar-refractivity contribution in [3.8, 4) is 0 Å². The fourth-order valence-corrected chi connectivity index (χ4v) is 3.92. The Morgan fingerprint density at radius 3 is 2.65 bits per heavy atom. The summed E-state index contributed by atoms with van der Waals surface area (Å²) in [4.78, 5) is 42.0. The van der Waals surface area contributed by atoms with Gasteiger partial charge in [0.25, 0.3) is 0 Å². The van der Waals surface area contributed by atoms with E-state index in [0.29, 0.717) is 45.8 Å². The number of carbonyl (C=O) groups excluding carboxylic acids is 3. The van der Waals surface area contributed by atoms with Gasteiger partial charge in [0.2, 0.25) is 11.8 Å². The number of carbonyl (C=O) groups is 3. The zero-order valence-corrected chi connectivity index (χ0v) is 18.3. The molecule has 1 aromatic rings. The summed E-state index contributed by atoms with van der Waals surface area (Å²) in [6, 6.07) is 9.33. The van der Waals surface area contributed by atoms with Crippen molar-refractivity contribution in [2.45, 2.75) is 38.1 Å². The minimum Gasteiger partial charge on any atom is -0.385 e. The van der Waals surface area contributed by atoms with Gasteiger partial charge in [0, 0.05) is 52.4 Å². The first kappa shape index (κ1) is 23.1. The summed E-state index contributed by atoms with van der Waals surface area (Å²) in [5.41, 5.74) is 0.971. The Kier molecular flexibility index (Phi) is 8.70. The van der Waals surface area contributed by atoms with Crippen LogP contribution in [0.3, 0.4) is 0 Å². The van der Waals surface area contributed by atoms with E-state index in [1.807, 2.05) is 35.2 Å². The van der Waals surface area contributed by atoms with Crippen molar-refractivity contribution >= 4 is 17.8 Å². The van der Waals surface area contributed by atoms with Gasteiger partial charge in [-0.1, -0.05) is 30.3 Å². The fourth-order valence-electron chi connectivity index (χ4n) is 3.92. The number of nitrogens with one attached hydrogen (secondary N) is 2. The molecular weight excluding hydrogens is 396 g/mol. The molecule has 170 valence electrons. The molecule has 1 atom stereocenters. The standard InChI is InChI=1S/C23H34N4O4/c1-31-16-5-11-25-23(30)26-13-6-14-27(22(29)19-9-10-19)20(17-21(28)24-12-15-26)18-7-3-2-4-8-18/h2-4,7-8,19-20H,5-6,9-17H2,1H3,(H,24,28)(H,25,30). The highest BCUT2D eigenvalue weighted by molar-refractivity contribution is 5.83. The Balaban J connectivity index is 1.71. The molecule has 4 amide bonds. The molecule has 2 aliphatic rings. The third kappa shape index (κ3) is 6.95. The molecule has 8 nitrogen and oxygen atoms in total. The fraction of sp³-hybridized carbons (Fsp3) is 0.609. The molecule has 1 aliphatic heterocycles. The first-order valence-corrected chi connectivity index (χ1v) is 11.2. The number of urea groups is 1. The van der Waals surface area contributed by atoms with Gasteiger partial charge in [-0.2, -0.15) is 0 Å². The monoisotopic (exact) mass is 430 g/mol. The molecule has 2 N–H and O–H groups in total. The van der Waals surface area contributed by atoms with Gasteiger partial charge in [-0.3, -0.25) is 9.59 Å². The van der Waals surface area contributed by atoms with Crippen LogP contribution in [-0.2, 0) is 14.3 Å². The van der Waals surface area contributed by atoms with Crippen LogP contribution >= 0.6 is 0 Å². The van der Waals surface area contributed by atoms with E-state index in [9.17, 15) is 14.4 Å². The Morgan fingerprint density at radius 1 is 1.16 bits per heavy atom. The van der Waals surface area contributed by atoms with Crippen molar-refractivity contribution in [2.75, 3.05) is 46.4 Å². The molecule has 2 fully saturated rings. The lowest BCUT2D eigenvalue weighted by molar-refractivity contribution is -0.136. The van der Waals surface area contributed by atoms with Crippen molar-refractivity contribution in [2.24, 2.45) is 5.92 Å². The molecule has 1 aliphatic carbocycles. The number of hydrogen-bond donors (Lipinski definition) is 2. The lowest BCUT2D eigenvalue weighted by Gasteiger charge is -2.32. The molecule has 1 saturated carbocycles. The largest absolute Gasteiger partial charge is 0.385 e. The molecule has 3 rings (SSSR count). The maximum Gasteiger partial charge on any atom is 0.317 e. The number of nitrogens with zero attached hydrogens (tertiary/aromatic N) is 2. The van der Waals surface area contributed by atoms with Crippen LogP contribution in [0.15, 0.2) is 30.3 Å². The number of hydrogen-bond acceptors (Lipinski definition) is 4. The average molecular weight is 431 g/mol. The number of rotatable bonds is 6. The highest BCUT2D eigenvalue weighted by Crippen LogP contribution is 2.35.